The normalized spacial score (nSPS) is 12.2. The summed E-state index contributed by atoms with van der Waals surface area (Å²) in [4.78, 5) is 0. The molecular formula is C19H14ClN3O. The van der Waals surface area contributed by atoms with E-state index in [1.807, 2.05) is 71.3 Å². The topological polar surface area (TPSA) is 43.9 Å². The van der Waals surface area contributed by atoms with E-state index in [2.05, 4.69) is 10.2 Å². The van der Waals surface area contributed by atoms with Gasteiger partial charge in [0, 0.05) is 10.6 Å². The molecular weight excluding hydrogens is 322 g/mol. The number of furan rings is 1. The summed E-state index contributed by atoms with van der Waals surface area (Å²) in [7, 11) is 0. The van der Waals surface area contributed by atoms with Crippen LogP contribution in [0.25, 0.3) is 11.3 Å². The van der Waals surface area contributed by atoms with Crippen LogP contribution in [0, 0.1) is 0 Å². The fourth-order valence-corrected chi connectivity index (χ4v) is 2.85. The Morgan fingerprint density at radius 3 is 2.25 bits per heavy atom. The second kappa shape index (κ2) is 6.34. The molecule has 2 heterocycles. The first-order valence-corrected chi connectivity index (χ1v) is 7.94. The van der Waals surface area contributed by atoms with Gasteiger partial charge < -0.3 is 8.98 Å². The van der Waals surface area contributed by atoms with Crippen molar-refractivity contribution in [3.8, 4) is 11.3 Å². The predicted octanol–water partition coefficient (Wildman–Crippen LogP) is 4.83. The molecule has 0 radical (unpaired) electrons. The van der Waals surface area contributed by atoms with Crippen LogP contribution in [0.4, 0.5) is 0 Å². The molecule has 5 heteroatoms. The minimum Gasteiger partial charge on any atom is -0.459 e. The van der Waals surface area contributed by atoms with Gasteiger partial charge in [-0.25, -0.2) is 0 Å². The third kappa shape index (κ3) is 2.84. The maximum atomic E-state index is 6.13. The van der Waals surface area contributed by atoms with Crippen LogP contribution in [0.1, 0.15) is 17.4 Å². The molecule has 24 heavy (non-hydrogen) atoms. The summed E-state index contributed by atoms with van der Waals surface area (Å²) >= 11 is 6.02. The van der Waals surface area contributed by atoms with E-state index >= 15 is 0 Å². The Morgan fingerprint density at radius 2 is 1.54 bits per heavy atom. The fourth-order valence-electron chi connectivity index (χ4n) is 2.73. The van der Waals surface area contributed by atoms with Crippen molar-refractivity contribution in [2.24, 2.45) is 0 Å². The summed E-state index contributed by atoms with van der Waals surface area (Å²) in [5, 5.41) is 8.54. The van der Waals surface area contributed by atoms with E-state index in [-0.39, 0.29) is 6.04 Å². The zero-order chi connectivity index (χ0) is 16.4. The fraction of sp³-hybridized carbons (Fsp3) is 0.0526. The van der Waals surface area contributed by atoms with Crippen LogP contribution in [0.2, 0.25) is 5.02 Å². The van der Waals surface area contributed by atoms with E-state index in [4.69, 9.17) is 16.0 Å². The number of benzene rings is 2. The van der Waals surface area contributed by atoms with Crippen molar-refractivity contribution < 1.29 is 4.42 Å². The van der Waals surface area contributed by atoms with Crippen molar-refractivity contribution >= 4 is 11.6 Å². The molecule has 2 aromatic carbocycles. The molecule has 0 spiro atoms. The standard InChI is InChI=1S/C19H14ClN3O/c20-16-8-6-15(7-9-16)19(23-12-21-22-13-23)18-11-10-17(24-18)14-4-2-1-3-5-14/h1-13,19H. The minimum absolute atomic E-state index is 0.144. The van der Waals surface area contributed by atoms with E-state index in [1.165, 1.54) is 0 Å². The first kappa shape index (κ1) is 14.7. The second-order valence-corrected chi connectivity index (χ2v) is 5.87. The Balaban J connectivity index is 1.77. The zero-order valence-corrected chi connectivity index (χ0v) is 13.5. The lowest BCUT2D eigenvalue weighted by atomic mass is 10.0. The van der Waals surface area contributed by atoms with Crippen molar-refractivity contribution in [2.75, 3.05) is 0 Å². The minimum atomic E-state index is -0.144. The highest BCUT2D eigenvalue weighted by Crippen LogP contribution is 2.31. The van der Waals surface area contributed by atoms with Crippen molar-refractivity contribution in [1.82, 2.24) is 14.8 Å². The molecule has 0 saturated carbocycles. The molecule has 2 aromatic heterocycles. The number of hydrogen-bond acceptors (Lipinski definition) is 3. The van der Waals surface area contributed by atoms with Crippen LogP contribution >= 0.6 is 11.6 Å². The van der Waals surface area contributed by atoms with Crippen LogP contribution < -0.4 is 0 Å². The molecule has 4 aromatic rings. The zero-order valence-electron chi connectivity index (χ0n) is 12.7. The molecule has 4 nitrogen and oxygen atoms in total. The van der Waals surface area contributed by atoms with Crippen molar-refractivity contribution in [3.63, 3.8) is 0 Å². The number of nitrogens with zero attached hydrogens (tertiary/aromatic N) is 3. The third-order valence-electron chi connectivity index (χ3n) is 3.88. The Morgan fingerprint density at radius 1 is 0.833 bits per heavy atom. The Kier molecular flexibility index (Phi) is 3.89. The molecule has 0 N–H and O–H groups in total. The Bertz CT molecular complexity index is 915. The van der Waals surface area contributed by atoms with Crippen molar-refractivity contribution in [1.29, 1.82) is 0 Å². The van der Waals surface area contributed by atoms with E-state index in [1.54, 1.807) is 12.7 Å². The first-order chi connectivity index (χ1) is 11.8. The van der Waals surface area contributed by atoms with Gasteiger partial charge in [-0.15, -0.1) is 10.2 Å². The van der Waals surface area contributed by atoms with Gasteiger partial charge in [-0.05, 0) is 29.8 Å². The molecule has 1 atom stereocenters. The lowest BCUT2D eigenvalue weighted by Gasteiger charge is -2.16. The van der Waals surface area contributed by atoms with Gasteiger partial charge in [0.05, 0.1) is 0 Å². The molecule has 1 unspecified atom stereocenters. The maximum absolute atomic E-state index is 6.13. The van der Waals surface area contributed by atoms with Gasteiger partial charge in [0.25, 0.3) is 0 Å². The molecule has 4 rings (SSSR count). The summed E-state index contributed by atoms with van der Waals surface area (Å²) in [6.45, 7) is 0. The van der Waals surface area contributed by atoms with E-state index in [0.717, 1.165) is 22.6 Å². The average Bonchev–Trinajstić information content (AvgIpc) is 3.30. The van der Waals surface area contributed by atoms with Gasteiger partial charge >= 0.3 is 0 Å². The number of rotatable bonds is 4. The number of hydrogen-bond donors (Lipinski definition) is 0. The highest BCUT2D eigenvalue weighted by molar-refractivity contribution is 6.30. The molecule has 0 amide bonds. The molecule has 0 saturated heterocycles. The van der Waals surface area contributed by atoms with Gasteiger partial charge in [-0.1, -0.05) is 54.1 Å². The smallest absolute Gasteiger partial charge is 0.134 e. The van der Waals surface area contributed by atoms with Crippen LogP contribution in [0.5, 0.6) is 0 Å². The van der Waals surface area contributed by atoms with Crippen LogP contribution in [-0.4, -0.2) is 14.8 Å². The molecule has 0 aliphatic rings. The molecule has 0 aliphatic carbocycles. The quantitative estimate of drug-likeness (QED) is 0.536. The Labute approximate surface area is 144 Å². The summed E-state index contributed by atoms with van der Waals surface area (Å²) in [6, 6.07) is 21.6. The van der Waals surface area contributed by atoms with Crippen LogP contribution in [0.3, 0.4) is 0 Å². The van der Waals surface area contributed by atoms with Crippen molar-refractivity contribution in [2.45, 2.75) is 6.04 Å². The summed E-state index contributed by atoms with van der Waals surface area (Å²) in [6.07, 6.45) is 3.37. The van der Waals surface area contributed by atoms with E-state index in [9.17, 15) is 0 Å². The maximum Gasteiger partial charge on any atom is 0.134 e. The van der Waals surface area contributed by atoms with E-state index < -0.39 is 0 Å². The Hall–Kier alpha value is -2.85. The predicted molar refractivity (Wildman–Crippen MR) is 92.9 cm³/mol. The third-order valence-corrected chi connectivity index (χ3v) is 4.13. The summed E-state index contributed by atoms with van der Waals surface area (Å²) in [5.74, 6) is 1.65. The van der Waals surface area contributed by atoms with Gasteiger partial charge in [0.2, 0.25) is 0 Å². The SMILES string of the molecule is Clc1ccc(C(c2ccc(-c3ccccc3)o2)n2cnnc2)cc1. The van der Waals surface area contributed by atoms with Gasteiger partial charge in [0.1, 0.15) is 30.2 Å². The molecule has 0 aliphatic heterocycles. The summed E-state index contributed by atoms with van der Waals surface area (Å²) < 4.78 is 8.04. The highest BCUT2D eigenvalue weighted by atomic mass is 35.5. The van der Waals surface area contributed by atoms with Gasteiger partial charge in [-0.3, -0.25) is 0 Å². The van der Waals surface area contributed by atoms with Gasteiger partial charge in [0.15, 0.2) is 0 Å². The van der Waals surface area contributed by atoms with E-state index in [0.29, 0.717) is 5.02 Å². The lowest BCUT2D eigenvalue weighted by Crippen LogP contribution is -2.09. The van der Waals surface area contributed by atoms with Gasteiger partial charge in [-0.2, -0.15) is 0 Å². The molecule has 0 fully saturated rings. The monoisotopic (exact) mass is 335 g/mol. The first-order valence-electron chi connectivity index (χ1n) is 7.56. The number of halogens is 1. The van der Waals surface area contributed by atoms with Crippen molar-refractivity contribution in [3.05, 3.63) is 95.7 Å². The summed E-state index contributed by atoms with van der Waals surface area (Å²) in [5.41, 5.74) is 2.09. The highest BCUT2D eigenvalue weighted by Gasteiger charge is 2.20. The molecule has 0 bridgehead atoms. The second-order valence-electron chi connectivity index (χ2n) is 5.43. The largest absolute Gasteiger partial charge is 0.459 e. The average molecular weight is 336 g/mol. The van der Waals surface area contributed by atoms with Crippen LogP contribution in [-0.2, 0) is 0 Å². The number of aromatic nitrogens is 3. The van der Waals surface area contributed by atoms with Crippen LogP contribution in [0.15, 0.2) is 83.8 Å². The molecule has 118 valence electrons. The lowest BCUT2D eigenvalue weighted by molar-refractivity contribution is 0.469.